The van der Waals surface area contributed by atoms with Crippen molar-refractivity contribution >= 4 is 10.0 Å². The summed E-state index contributed by atoms with van der Waals surface area (Å²) in [7, 11) is -3.97. The van der Waals surface area contributed by atoms with Gasteiger partial charge >= 0.3 is 0 Å². The number of sulfonamides is 1. The zero-order chi connectivity index (χ0) is 15.5. The lowest BCUT2D eigenvalue weighted by molar-refractivity contribution is 0.456. The molecule has 0 heterocycles. The first kappa shape index (κ1) is 15.9. The van der Waals surface area contributed by atoms with Crippen molar-refractivity contribution in [3.63, 3.8) is 0 Å². The number of hydrogen-bond acceptors (Lipinski definition) is 4. The van der Waals surface area contributed by atoms with Crippen molar-refractivity contribution in [1.29, 1.82) is 5.26 Å². The fourth-order valence-electron chi connectivity index (χ4n) is 2.58. The van der Waals surface area contributed by atoms with Gasteiger partial charge in [-0.05, 0) is 25.0 Å². The molecule has 2 unspecified atom stereocenters. The van der Waals surface area contributed by atoms with E-state index >= 15 is 0 Å². The number of rotatable bonds is 3. The molecule has 2 rings (SSSR count). The van der Waals surface area contributed by atoms with Crippen molar-refractivity contribution < 1.29 is 12.8 Å². The maximum Gasteiger partial charge on any atom is 0.242 e. The van der Waals surface area contributed by atoms with E-state index in [1.807, 2.05) is 0 Å². The third-order valence-electron chi connectivity index (χ3n) is 3.75. The molecule has 3 N–H and O–H groups in total. The highest BCUT2D eigenvalue weighted by atomic mass is 32.2. The van der Waals surface area contributed by atoms with Gasteiger partial charge in [-0.1, -0.05) is 25.3 Å². The lowest BCUT2D eigenvalue weighted by Crippen LogP contribution is -2.47. The van der Waals surface area contributed by atoms with Gasteiger partial charge in [0.1, 0.15) is 22.3 Å². The molecule has 21 heavy (non-hydrogen) atoms. The van der Waals surface area contributed by atoms with Gasteiger partial charge in [0.15, 0.2) is 0 Å². The van der Waals surface area contributed by atoms with Crippen LogP contribution in [-0.2, 0) is 10.0 Å². The van der Waals surface area contributed by atoms with Gasteiger partial charge in [0.25, 0.3) is 0 Å². The number of benzene rings is 1. The van der Waals surface area contributed by atoms with Crippen LogP contribution in [0.1, 0.15) is 37.7 Å². The molecule has 2 atom stereocenters. The molecule has 0 saturated heterocycles. The van der Waals surface area contributed by atoms with Crippen LogP contribution in [0, 0.1) is 17.1 Å². The normalized spacial score (nSPS) is 23.3. The third-order valence-corrected chi connectivity index (χ3v) is 5.28. The van der Waals surface area contributed by atoms with Gasteiger partial charge in [-0.15, -0.1) is 0 Å². The molecule has 0 aromatic heterocycles. The first-order chi connectivity index (χ1) is 9.95. The number of nitrogens with two attached hydrogens (primary N) is 1. The minimum Gasteiger partial charge on any atom is -0.326 e. The molecule has 1 aromatic carbocycles. The van der Waals surface area contributed by atoms with E-state index in [9.17, 15) is 12.8 Å². The fourth-order valence-corrected chi connectivity index (χ4v) is 4.07. The summed E-state index contributed by atoms with van der Waals surface area (Å²) in [6.45, 7) is 0. The summed E-state index contributed by atoms with van der Waals surface area (Å²) in [6, 6.07) is 4.53. The van der Waals surface area contributed by atoms with E-state index in [0.717, 1.165) is 31.7 Å². The Labute approximate surface area is 124 Å². The molecule has 5 nitrogen and oxygen atoms in total. The number of hydrogen-bond donors (Lipinski definition) is 2. The molecular weight excluding hydrogens is 293 g/mol. The van der Waals surface area contributed by atoms with E-state index in [0.29, 0.717) is 6.42 Å². The Bertz CT molecular complexity index is 655. The Morgan fingerprint density at radius 2 is 2.00 bits per heavy atom. The quantitative estimate of drug-likeness (QED) is 0.829. The molecule has 1 fully saturated rings. The van der Waals surface area contributed by atoms with Crippen LogP contribution in [0.25, 0.3) is 0 Å². The zero-order valence-electron chi connectivity index (χ0n) is 11.5. The van der Waals surface area contributed by atoms with Crippen LogP contribution in [0.15, 0.2) is 23.1 Å². The van der Waals surface area contributed by atoms with Crippen LogP contribution in [0.2, 0.25) is 0 Å². The molecule has 0 amide bonds. The maximum absolute atomic E-state index is 13.6. The van der Waals surface area contributed by atoms with Gasteiger partial charge < -0.3 is 5.73 Å². The largest absolute Gasteiger partial charge is 0.326 e. The second-order valence-corrected chi connectivity index (χ2v) is 6.94. The van der Waals surface area contributed by atoms with E-state index in [4.69, 9.17) is 11.0 Å². The average Bonchev–Trinajstić information content (AvgIpc) is 2.63. The van der Waals surface area contributed by atoms with Gasteiger partial charge in [0, 0.05) is 12.1 Å². The van der Waals surface area contributed by atoms with Gasteiger partial charge in [0.2, 0.25) is 10.0 Å². The topological polar surface area (TPSA) is 96.0 Å². The van der Waals surface area contributed by atoms with Crippen molar-refractivity contribution in [3.8, 4) is 6.07 Å². The average molecular weight is 311 g/mol. The van der Waals surface area contributed by atoms with E-state index in [2.05, 4.69) is 4.72 Å². The van der Waals surface area contributed by atoms with E-state index in [1.165, 1.54) is 12.1 Å². The Morgan fingerprint density at radius 3 is 2.71 bits per heavy atom. The zero-order valence-corrected chi connectivity index (χ0v) is 12.4. The monoisotopic (exact) mass is 311 g/mol. The lowest BCUT2D eigenvalue weighted by atomic mass is 10.1. The SMILES string of the molecule is N#Cc1c(F)cccc1S(=O)(=O)NC1CCCCCC1N. The van der Waals surface area contributed by atoms with Crippen molar-refractivity contribution in [1.82, 2.24) is 4.72 Å². The summed E-state index contributed by atoms with van der Waals surface area (Å²) in [5.41, 5.74) is 5.53. The van der Waals surface area contributed by atoms with E-state index in [-0.39, 0.29) is 17.0 Å². The predicted molar refractivity (Wildman–Crippen MR) is 76.3 cm³/mol. The van der Waals surface area contributed by atoms with Gasteiger partial charge in [-0.2, -0.15) is 5.26 Å². The molecular formula is C14H18FN3O2S. The highest BCUT2D eigenvalue weighted by molar-refractivity contribution is 7.89. The second kappa shape index (κ2) is 6.52. The van der Waals surface area contributed by atoms with Crippen LogP contribution in [0.3, 0.4) is 0 Å². The molecule has 0 bridgehead atoms. The number of nitrogens with one attached hydrogen (secondary N) is 1. The second-order valence-electron chi connectivity index (χ2n) is 5.25. The molecule has 0 aliphatic heterocycles. The van der Waals surface area contributed by atoms with Crippen molar-refractivity contribution in [3.05, 3.63) is 29.6 Å². The lowest BCUT2D eigenvalue weighted by Gasteiger charge is -2.22. The van der Waals surface area contributed by atoms with Gasteiger partial charge in [-0.25, -0.2) is 17.5 Å². The van der Waals surface area contributed by atoms with Gasteiger partial charge in [-0.3, -0.25) is 0 Å². The van der Waals surface area contributed by atoms with Crippen LogP contribution < -0.4 is 10.5 Å². The Morgan fingerprint density at radius 1 is 1.29 bits per heavy atom. The van der Waals surface area contributed by atoms with E-state index < -0.39 is 21.4 Å². The van der Waals surface area contributed by atoms with Crippen LogP contribution in [-0.4, -0.2) is 20.5 Å². The van der Waals surface area contributed by atoms with Crippen molar-refractivity contribution in [2.75, 3.05) is 0 Å². The summed E-state index contributed by atoms with van der Waals surface area (Å²) >= 11 is 0. The molecule has 1 aromatic rings. The van der Waals surface area contributed by atoms with Crippen LogP contribution in [0.4, 0.5) is 4.39 Å². The first-order valence-corrected chi connectivity index (χ1v) is 8.40. The molecule has 114 valence electrons. The third kappa shape index (κ3) is 3.59. The summed E-state index contributed by atoms with van der Waals surface area (Å²) in [5, 5.41) is 8.96. The fraction of sp³-hybridized carbons (Fsp3) is 0.500. The highest BCUT2D eigenvalue weighted by Crippen LogP contribution is 2.22. The summed E-state index contributed by atoms with van der Waals surface area (Å²) < 4.78 is 40.9. The molecule has 1 saturated carbocycles. The predicted octanol–water partition coefficient (Wildman–Crippen LogP) is 1.64. The highest BCUT2D eigenvalue weighted by Gasteiger charge is 2.28. The van der Waals surface area contributed by atoms with Crippen LogP contribution in [0.5, 0.6) is 0 Å². The van der Waals surface area contributed by atoms with E-state index in [1.54, 1.807) is 6.07 Å². The molecule has 7 heteroatoms. The van der Waals surface area contributed by atoms with Crippen LogP contribution >= 0.6 is 0 Å². The number of nitriles is 1. The Balaban J connectivity index is 2.30. The summed E-state index contributed by atoms with van der Waals surface area (Å²) in [4.78, 5) is -0.332. The standard InChI is InChI=1S/C14H18FN3O2S/c15-11-5-4-8-14(10(11)9-16)21(19,20)18-13-7-3-1-2-6-12(13)17/h4-5,8,12-13,18H,1-3,6-7,17H2. The maximum atomic E-state index is 13.6. The first-order valence-electron chi connectivity index (χ1n) is 6.92. The van der Waals surface area contributed by atoms with Gasteiger partial charge in [0.05, 0.1) is 0 Å². The minimum atomic E-state index is -3.97. The number of nitrogens with zero attached hydrogens (tertiary/aromatic N) is 1. The summed E-state index contributed by atoms with van der Waals surface area (Å²) in [6.07, 6.45) is 4.30. The summed E-state index contributed by atoms with van der Waals surface area (Å²) in [5.74, 6) is -0.842. The smallest absolute Gasteiger partial charge is 0.242 e. The van der Waals surface area contributed by atoms with Crippen molar-refractivity contribution in [2.24, 2.45) is 5.73 Å². The molecule has 1 aliphatic rings. The Hall–Kier alpha value is -1.49. The number of halogens is 1. The molecule has 1 aliphatic carbocycles. The van der Waals surface area contributed by atoms with Crippen molar-refractivity contribution in [2.45, 2.75) is 49.1 Å². The molecule has 0 radical (unpaired) electrons. The minimum absolute atomic E-state index is 0.263. The molecule has 0 spiro atoms. The Kier molecular flexibility index (Phi) is 4.93.